The van der Waals surface area contributed by atoms with Crippen LogP contribution in [0.4, 0.5) is 0 Å². The topological polar surface area (TPSA) is 93.4 Å². The molecule has 0 aromatic carbocycles. The van der Waals surface area contributed by atoms with Crippen molar-refractivity contribution in [1.29, 1.82) is 0 Å². The van der Waals surface area contributed by atoms with Gasteiger partial charge in [0.1, 0.15) is 0 Å². The molecule has 2 atom stereocenters. The fourth-order valence-corrected chi connectivity index (χ4v) is 1.61. The predicted molar refractivity (Wildman–Crippen MR) is 58.6 cm³/mol. The highest BCUT2D eigenvalue weighted by molar-refractivity contribution is 5.79. The van der Waals surface area contributed by atoms with Crippen molar-refractivity contribution in [2.24, 2.45) is 5.73 Å². The number of nitrogens with two attached hydrogens (primary N) is 1. The molecule has 1 saturated heterocycles. The Morgan fingerprint density at radius 2 is 2.50 bits per heavy atom. The Morgan fingerprint density at radius 3 is 3.00 bits per heavy atom. The van der Waals surface area contributed by atoms with Gasteiger partial charge in [-0.1, -0.05) is 0 Å². The van der Waals surface area contributed by atoms with Crippen LogP contribution < -0.4 is 16.4 Å². The fraction of sp³-hybridized carbons (Fsp3) is 0.800. The van der Waals surface area contributed by atoms with Crippen LogP contribution in [-0.2, 0) is 14.3 Å². The predicted octanol–water partition coefficient (Wildman–Crippen LogP) is -1.25. The van der Waals surface area contributed by atoms with E-state index in [-0.39, 0.29) is 30.4 Å². The molecular weight excluding hydrogens is 210 g/mol. The standard InChI is InChI=1S/C10H19N3O3/c1-16-8(5-11)4-10(15)12-6-7-2-3-9(14)13-7/h7-8H,2-6,11H2,1H3,(H,12,15)(H,13,14). The summed E-state index contributed by atoms with van der Waals surface area (Å²) in [4.78, 5) is 22.4. The second-order valence-electron chi connectivity index (χ2n) is 3.90. The number of hydrogen-bond acceptors (Lipinski definition) is 4. The molecule has 1 aliphatic rings. The zero-order valence-electron chi connectivity index (χ0n) is 9.49. The highest BCUT2D eigenvalue weighted by Gasteiger charge is 2.21. The van der Waals surface area contributed by atoms with E-state index < -0.39 is 0 Å². The Kier molecular flexibility index (Phi) is 5.21. The Hall–Kier alpha value is -1.14. The summed E-state index contributed by atoms with van der Waals surface area (Å²) in [6.07, 6.45) is 1.35. The minimum Gasteiger partial charge on any atom is -0.380 e. The number of rotatable bonds is 6. The van der Waals surface area contributed by atoms with Gasteiger partial charge in [0.15, 0.2) is 0 Å². The first-order chi connectivity index (χ1) is 7.65. The lowest BCUT2D eigenvalue weighted by Gasteiger charge is -2.14. The summed E-state index contributed by atoms with van der Waals surface area (Å²) >= 11 is 0. The Bertz CT molecular complexity index is 254. The van der Waals surface area contributed by atoms with E-state index in [0.717, 1.165) is 6.42 Å². The summed E-state index contributed by atoms with van der Waals surface area (Å²) in [5.41, 5.74) is 5.41. The van der Waals surface area contributed by atoms with Gasteiger partial charge in [0.05, 0.1) is 12.5 Å². The summed E-state index contributed by atoms with van der Waals surface area (Å²) in [5, 5.41) is 5.54. The molecule has 2 amide bonds. The van der Waals surface area contributed by atoms with E-state index in [0.29, 0.717) is 19.5 Å². The van der Waals surface area contributed by atoms with Crippen LogP contribution in [0.5, 0.6) is 0 Å². The number of amides is 2. The van der Waals surface area contributed by atoms with E-state index in [1.54, 1.807) is 0 Å². The van der Waals surface area contributed by atoms with E-state index in [9.17, 15) is 9.59 Å². The highest BCUT2D eigenvalue weighted by Crippen LogP contribution is 2.05. The van der Waals surface area contributed by atoms with Gasteiger partial charge in [-0.2, -0.15) is 0 Å². The van der Waals surface area contributed by atoms with Crippen molar-refractivity contribution >= 4 is 11.8 Å². The van der Waals surface area contributed by atoms with Crippen LogP contribution >= 0.6 is 0 Å². The molecule has 4 N–H and O–H groups in total. The largest absolute Gasteiger partial charge is 0.380 e. The van der Waals surface area contributed by atoms with Crippen molar-refractivity contribution in [2.75, 3.05) is 20.2 Å². The summed E-state index contributed by atoms with van der Waals surface area (Å²) < 4.78 is 5.00. The molecule has 92 valence electrons. The monoisotopic (exact) mass is 229 g/mol. The molecule has 0 aromatic heterocycles. The number of ether oxygens (including phenoxy) is 1. The average Bonchev–Trinajstić information content (AvgIpc) is 2.69. The molecule has 0 saturated carbocycles. The van der Waals surface area contributed by atoms with Crippen molar-refractivity contribution < 1.29 is 14.3 Å². The molecule has 2 unspecified atom stereocenters. The van der Waals surface area contributed by atoms with Crippen LogP contribution in [-0.4, -0.2) is 44.2 Å². The number of hydrogen-bond donors (Lipinski definition) is 3. The normalized spacial score (nSPS) is 21.6. The zero-order chi connectivity index (χ0) is 12.0. The quantitative estimate of drug-likeness (QED) is 0.530. The van der Waals surface area contributed by atoms with Gasteiger partial charge in [-0.3, -0.25) is 9.59 Å². The number of carbonyl (C=O) groups is 2. The van der Waals surface area contributed by atoms with E-state index >= 15 is 0 Å². The minimum absolute atomic E-state index is 0.0518. The number of carbonyl (C=O) groups excluding carboxylic acids is 2. The van der Waals surface area contributed by atoms with Crippen LogP contribution in [0.1, 0.15) is 19.3 Å². The molecule has 16 heavy (non-hydrogen) atoms. The van der Waals surface area contributed by atoms with E-state index in [2.05, 4.69) is 10.6 Å². The highest BCUT2D eigenvalue weighted by atomic mass is 16.5. The van der Waals surface area contributed by atoms with Crippen molar-refractivity contribution in [3.8, 4) is 0 Å². The van der Waals surface area contributed by atoms with Crippen molar-refractivity contribution in [2.45, 2.75) is 31.4 Å². The van der Waals surface area contributed by atoms with Gasteiger partial charge >= 0.3 is 0 Å². The maximum absolute atomic E-state index is 11.5. The number of nitrogens with one attached hydrogen (secondary N) is 2. The van der Waals surface area contributed by atoms with Crippen molar-refractivity contribution in [1.82, 2.24) is 10.6 Å². The lowest BCUT2D eigenvalue weighted by atomic mass is 10.2. The third-order valence-corrected chi connectivity index (χ3v) is 2.64. The van der Waals surface area contributed by atoms with Crippen molar-refractivity contribution in [3.63, 3.8) is 0 Å². The van der Waals surface area contributed by atoms with E-state index in [1.807, 2.05) is 0 Å². The molecule has 1 heterocycles. The van der Waals surface area contributed by atoms with Gasteiger partial charge in [-0.05, 0) is 6.42 Å². The molecule has 0 aliphatic carbocycles. The van der Waals surface area contributed by atoms with Crippen molar-refractivity contribution in [3.05, 3.63) is 0 Å². The van der Waals surface area contributed by atoms with E-state index in [1.165, 1.54) is 7.11 Å². The Balaban J connectivity index is 2.17. The third-order valence-electron chi connectivity index (χ3n) is 2.64. The second kappa shape index (κ2) is 6.44. The molecule has 1 fully saturated rings. The fourth-order valence-electron chi connectivity index (χ4n) is 1.61. The molecule has 0 aromatic rings. The molecule has 0 bridgehead atoms. The molecule has 0 spiro atoms. The van der Waals surface area contributed by atoms with Gasteiger partial charge in [0.25, 0.3) is 0 Å². The van der Waals surface area contributed by atoms with Crippen LogP contribution in [0.25, 0.3) is 0 Å². The maximum Gasteiger partial charge on any atom is 0.222 e. The first-order valence-corrected chi connectivity index (χ1v) is 5.44. The summed E-state index contributed by atoms with van der Waals surface area (Å²) in [6, 6.07) is 0.0651. The van der Waals surface area contributed by atoms with Crippen LogP contribution in [0.2, 0.25) is 0 Å². The second-order valence-corrected chi connectivity index (χ2v) is 3.90. The zero-order valence-corrected chi connectivity index (χ0v) is 9.49. The third kappa shape index (κ3) is 4.16. The molecule has 1 aliphatic heterocycles. The van der Waals surface area contributed by atoms with Gasteiger partial charge < -0.3 is 21.1 Å². The summed E-state index contributed by atoms with van der Waals surface area (Å²) in [6.45, 7) is 0.801. The van der Waals surface area contributed by atoms with Gasteiger partial charge in [-0.25, -0.2) is 0 Å². The molecule has 0 radical (unpaired) electrons. The van der Waals surface area contributed by atoms with Crippen LogP contribution in [0, 0.1) is 0 Å². The minimum atomic E-state index is -0.238. The van der Waals surface area contributed by atoms with Gasteiger partial charge in [0, 0.05) is 32.7 Å². The number of methoxy groups -OCH3 is 1. The molecule has 6 nitrogen and oxygen atoms in total. The molecular formula is C10H19N3O3. The lowest BCUT2D eigenvalue weighted by Crippen LogP contribution is -2.40. The summed E-state index contributed by atoms with van der Waals surface area (Å²) in [5.74, 6) is -0.0468. The SMILES string of the molecule is COC(CN)CC(=O)NCC1CCC(=O)N1. The smallest absolute Gasteiger partial charge is 0.222 e. The van der Waals surface area contributed by atoms with Crippen LogP contribution in [0.15, 0.2) is 0 Å². The molecule has 6 heteroatoms. The van der Waals surface area contributed by atoms with Gasteiger partial charge in [0.2, 0.25) is 11.8 Å². The lowest BCUT2D eigenvalue weighted by molar-refractivity contribution is -0.124. The Labute approximate surface area is 94.9 Å². The Morgan fingerprint density at radius 1 is 1.75 bits per heavy atom. The maximum atomic E-state index is 11.5. The first kappa shape index (κ1) is 12.9. The van der Waals surface area contributed by atoms with Crippen LogP contribution in [0.3, 0.4) is 0 Å². The van der Waals surface area contributed by atoms with E-state index in [4.69, 9.17) is 10.5 Å². The summed E-state index contributed by atoms with van der Waals surface area (Å²) in [7, 11) is 1.53. The van der Waals surface area contributed by atoms with Gasteiger partial charge in [-0.15, -0.1) is 0 Å². The first-order valence-electron chi connectivity index (χ1n) is 5.44. The average molecular weight is 229 g/mol. The molecule has 1 rings (SSSR count).